The third-order valence-corrected chi connectivity index (χ3v) is 5.56. The zero-order valence-corrected chi connectivity index (χ0v) is 15.5. The Kier molecular flexibility index (Phi) is 4.79. The van der Waals surface area contributed by atoms with E-state index in [1.807, 2.05) is 30.3 Å². The SMILES string of the molecule is O=CC1CCCN(c2ncnc3cccc(-c4ccc(Cl)c(Cl)c4)c23)C1. The van der Waals surface area contributed by atoms with Crippen LogP contribution in [0.3, 0.4) is 0 Å². The van der Waals surface area contributed by atoms with Gasteiger partial charge in [-0.15, -0.1) is 0 Å². The maximum atomic E-state index is 11.3. The summed E-state index contributed by atoms with van der Waals surface area (Å²) in [6.07, 6.45) is 4.54. The fraction of sp³-hybridized carbons (Fsp3) is 0.250. The highest BCUT2D eigenvalue weighted by molar-refractivity contribution is 6.42. The fourth-order valence-corrected chi connectivity index (χ4v) is 3.85. The minimum Gasteiger partial charge on any atom is -0.355 e. The van der Waals surface area contributed by atoms with E-state index >= 15 is 0 Å². The molecule has 1 atom stereocenters. The van der Waals surface area contributed by atoms with E-state index in [4.69, 9.17) is 23.2 Å². The molecule has 0 N–H and O–H groups in total. The molecule has 0 radical (unpaired) electrons. The molecule has 2 heterocycles. The van der Waals surface area contributed by atoms with Crippen LogP contribution in [0.5, 0.6) is 0 Å². The maximum Gasteiger partial charge on any atom is 0.140 e. The fourth-order valence-electron chi connectivity index (χ4n) is 3.55. The molecule has 0 amide bonds. The first kappa shape index (κ1) is 17.3. The van der Waals surface area contributed by atoms with E-state index in [2.05, 4.69) is 14.9 Å². The third-order valence-electron chi connectivity index (χ3n) is 4.82. The number of carbonyl (C=O) groups is 1. The van der Waals surface area contributed by atoms with Crippen molar-refractivity contribution in [2.24, 2.45) is 5.92 Å². The van der Waals surface area contributed by atoms with Gasteiger partial charge in [0.15, 0.2) is 0 Å². The highest BCUT2D eigenvalue weighted by atomic mass is 35.5. The Hall–Kier alpha value is -2.17. The summed E-state index contributed by atoms with van der Waals surface area (Å²) in [5.41, 5.74) is 2.83. The van der Waals surface area contributed by atoms with Crippen molar-refractivity contribution in [2.45, 2.75) is 12.8 Å². The Balaban J connectivity index is 1.89. The van der Waals surface area contributed by atoms with E-state index in [0.29, 0.717) is 16.6 Å². The van der Waals surface area contributed by atoms with Crippen molar-refractivity contribution in [2.75, 3.05) is 18.0 Å². The van der Waals surface area contributed by atoms with Crippen molar-refractivity contribution >= 4 is 46.2 Å². The molecule has 0 spiro atoms. The number of aromatic nitrogens is 2. The van der Waals surface area contributed by atoms with E-state index in [1.165, 1.54) is 0 Å². The smallest absolute Gasteiger partial charge is 0.140 e. The Labute approximate surface area is 161 Å². The molecule has 26 heavy (non-hydrogen) atoms. The number of carbonyl (C=O) groups excluding carboxylic acids is 1. The Morgan fingerprint density at radius 3 is 2.81 bits per heavy atom. The minimum atomic E-state index is 0.0471. The van der Waals surface area contributed by atoms with Crippen molar-refractivity contribution < 1.29 is 4.79 Å². The molecular formula is C20H17Cl2N3O. The molecule has 1 saturated heterocycles. The predicted octanol–water partition coefficient (Wildman–Crippen LogP) is 5.02. The standard InChI is InChI=1S/C20H17Cl2N3O/c21-16-7-6-14(9-17(16)22)15-4-1-5-18-19(15)20(24-12-23-18)25-8-2-3-13(10-25)11-26/h1,4-7,9,11-13H,2-3,8,10H2. The molecule has 0 saturated carbocycles. The van der Waals surface area contributed by atoms with Crippen LogP contribution >= 0.6 is 23.2 Å². The zero-order chi connectivity index (χ0) is 18.1. The summed E-state index contributed by atoms with van der Waals surface area (Å²) < 4.78 is 0. The van der Waals surface area contributed by atoms with Crippen LogP contribution in [-0.4, -0.2) is 29.3 Å². The highest BCUT2D eigenvalue weighted by Crippen LogP contribution is 2.37. The van der Waals surface area contributed by atoms with E-state index in [0.717, 1.165) is 53.5 Å². The van der Waals surface area contributed by atoms with Gasteiger partial charge in [0, 0.05) is 19.0 Å². The van der Waals surface area contributed by atoms with E-state index in [-0.39, 0.29) is 5.92 Å². The third kappa shape index (κ3) is 3.15. The van der Waals surface area contributed by atoms with Crippen molar-refractivity contribution in [1.29, 1.82) is 0 Å². The molecule has 4 nitrogen and oxygen atoms in total. The average Bonchev–Trinajstić information content (AvgIpc) is 2.69. The van der Waals surface area contributed by atoms with E-state index in [1.54, 1.807) is 12.4 Å². The number of hydrogen-bond donors (Lipinski definition) is 0. The summed E-state index contributed by atoms with van der Waals surface area (Å²) in [4.78, 5) is 22.5. The van der Waals surface area contributed by atoms with Crippen LogP contribution in [0.15, 0.2) is 42.7 Å². The second-order valence-corrected chi connectivity index (χ2v) is 7.32. The molecule has 1 aliphatic heterocycles. The van der Waals surface area contributed by atoms with Gasteiger partial charge in [-0.05, 0) is 42.2 Å². The van der Waals surface area contributed by atoms with Crippen LogP contribution in [0.2, 0.25) is 10.0 Å². The van der Waals surface area contributed by atoms with Gasteiger partial charge >= 0.3 is 0 Å². The zero-order valence-electron chi connectivity index (χ0n) is 14.0. The number of rotatable bonds is 3. The number of hydrogen-bond acceptors (Lipinski definition) is 4. The number of aldehydes is 1. The van der Waals surface area contributed by atoms with Gasteiger partial charge in [-0.25, -0.2) is 9.97 Å². The molecule has 132 valence electrons. The molecule has 2 aromatic carbocycles. The average molecular weight is 386 g/mol. The lowest BCUT2D eigenvalue weighted by Gasteiger charge is -2.32. The second-order valence-electron chi connectivity index (χ2n) is 6.51. The monoisotopic (exact) mass is 385 g/mol. The van der Waals surface area contributed by atoms with Gasteiger partial charge in [0.2, 0.25) is 0 Å². The normalized spacial score (nSPS) is 17.5. The lowest BCUT2D eigenvalue weighted by atomic mass is 9.97. The molecule has 0 aliphatic carbocycles. The molecule has 1 aromatic heterocycles. The van der Waals surface area contributed by atoms with Crippen LogP contribution < -0.4 is 4.90 Å². The van der Waals surface area contributed by atoms with Gasteiger partial charge in [0.05, 0.1) is 20.9 Å². The first-order valence-corrected chi connectivity index (χ1v) is 9.32. The van der Waals surface area contributed by atoms with Crippen LogP contribution in [0, 0.1) is 5.92 Å². The Morgan fingerprint density at radius 1 is 1.12 bits per heavy atom. The number of anilines is 1. The summed E-state index contributed by atoms with van der Waals surface area (Å²) in [6.45, 7) is 1.57. The number of fused-ring (bicyclic) bond motifs is 1. The van der Waals surface area contributed by atoms with Gasteiger partial charge in [-0.2, -0.15) is 0 Å². The lowest BCUT2D eigenvalue weighted by Crippen LogP contribution is -2.36. The summed E-state index contributed by atoms with van der Waals surface area (Å²) >= 11 is 12.3. The van der Waals surface area contributed by atoms with Crippen molar-refractivity contribution in [3.63, 3.8) is 0 Å². The quantitative estimate of drug-likeness (QED) is 0.593. The topological polar surface area (TPSA) is 46.1 Å². The first-order valence-electron chi connectivity index (χ1n) is 8.57. The Bertz CT molecular complexity index is 971. The Morgan fingerprint density at radius 2 is 2.00 bits per heavy atom. The second kappa shape index (κ2) is 7.22. The number of nitrogens with zero attached hydrogens (tertiary/aromatic N) is 3. The van der Waals surface area contributed by atoms with Crippen LogP contribution in [0.4, 0.5) is 5.82 Å². The molecule has 1 fully saturated rings. The molecule has 4 rings (SSSR count). The number of benzene rings is 2. The summed E-state index contributed by atoms with van der Waals surface area (Å²) in [5, 5.41) is 2.01. The van der Waals surface area contributed by atoms with Gasteiger partial charge in [0.1, 0.15) is 18.4 Å². The van der Waals surface area contributed by atoms with Crippen LogP contribution in [0.25, 0.3) is 22.0 Å². The predicted molar refractivity (Wildman–Crippen MR) is 106 cm³/mol. The van der Waals surface area contributed by atoms with Gasteiger partial charge < -0.3 is 9.69 Å². The van der Waals surface area contributed by atoms with Gasteiger partial charge in [0.25, 0.3) is 0 Å². The van der Waals surface area contributed by atoms with E-state index in [9.17, 15) is 4.79 Å². The van der Waals surface area contributed by atoms with Crippen LogP contribution in [0.1, 0.15) is 12.8 Å². The lowest BCUT2D eigenvalue weighted by molar-refractivity contribution is -0.111. The largest absolute Gasteiger partial charge is 0.355 e. The van der Waals surface area contributed by atoms with Crippen molar-refractivity contribution in [3.8, 4) is 11.1 Å². The van der Waals surface area contributed by atoms with E-state index < -0.39 is 0 Å². The van der Waals surface area contributed by atoms with Gasteiger partial charge in [-0.1, -0.05) is 41.4 Å². The molecule has 6 heteroatoms. The first-order chi connectivity index (χ1) is 12.7. The molecule has 0 bridgehead atoms. The molecule has 1 aliphatic rings. The van der Waals surface area contributed by atoms with Crippen molar-refractivity contribution in [3.05, 3.63) is 52.8 Å². The van der Waals surface area contributed by atoms with Gasteiger partial charge in [-0.3, -0.25) is 0 Å². The maximum absolute atomic E-state index is 11.3. The summed E-state index contributed by atoms with van der Waals surface area (Å²) in [5.74, 6) is 0.911. The molecule has 3 aromatic rings. The summed E-state index contributed by atoms with van der Waals surface area (Å²) in [7, 11) is 0. The molecular weight excluding hydrogens is 369 g/mol. The summed E-state index contributed by atoms with van der Waals surface area (Å²) in [6, 6.07) is 11.6. The molecule has 1 unspecified atom stereocenters. The number of piperidine rings is 1. The van der Waals surface area contributed by atoms with Crippen molar-refractivity contribution in [1.82, 2.24) is 9.97 Å². The van der Waals surface area contributed by atoms with Crippen LogP contribution in [-0.2, 0) is 4.79 Å². The minimum absolute atomic E-state index is 0.0471. The number of halogens is 2. The highest BCUT2D eigenvalue weighted by Gasteiger charge is 2.23.